The number of hydrogen-bond acceptors (Lipinski definition) is 1. The van der Waals surface area contributed by atoms with Gasteiger partial charge < -0.3 is 0 Å². The molecule has 1 heteroatoms. The average molecular weight is 205 g/mol. The van der Waals surface area contributed by atoms with E-state index in [9.17, 15) is 0 Å². The summed E-state index contributed by atoms with van der Waals surface area (Å²) in [6.45, 7) is 17.2. The van der Waals surface area contributed by atoms with Crippen LogP contribution in [0.15, 0.2) is 29.8 Å². The maximum absolute atomic E-state index is 3.92. The topological polar surface area (TPSA) is 12.4 Å². The lowest BCUT2D eigenvalue weighted by molar-refractivity contribution is 1.40. The van der Waals surface area contributed by atoms with Gasteiger partial charge in [-0.25, -0.2) is 0 Å². The molecule has 84 valence electrons. The molecule has 0 heterocycles. The van der Waals surface area contributed by atoms with E-state index in [4.69, 9.17) is 0 Å². The molecule has 0 atom stereocenters. The Bertz CT molecular complexity index is 287. The van der Waals surface area contributed by atoms with E-state index in [2.05, 4.69) is 18.3 Å². The molecule has 0 aliphatic rings. The Labute approximate surface area is 94.6 Å². The van der Waals surface area contributed by atoms with Crippen LogP contribution in [0.3, 0.4) is 0 Å². The SMILES string of the molecule is C=Cc1cccc(C)c1N=C.CC.CC. The van der Waals surface area contributed by atoms with E-state index in [0.717, 1.165) is 16.8 Å². The van der Waals surface area contributed by atoms with Crippen LogP contribution in [0.5, 0.6) is 0 Å². The Morgan fingerprint density at radius 2 is 1.67 bits per heavy atom. The lowest BCUT2D eigenvalue weighted by Gasteiger charge is -2.02. The van der Waals surface area contributed by atoms with Crippen molar-refractivity contribution >= 4 is 18.5 Å². The second-order valence-corrected chi connectivity index (χ2v) is 2.37. The molecular weight excluding hydrogens is 182 g/mol. The third kappa shape index (κ3) is 5.16. The quantitative estimate of drug-likeness (QED) is 0.601. The molecule has 0 amide bonds. The molecule has 15 heavy (non-hydrogen) atoms. The predicted molar refractivity (Wildman–Crippen MR) is 73.2 cm³/mol. The van der Waals surface area contributed by atoms with E-state index in [0.29, 0.717) is 0 Å². The van der Waals surface area contributed by atoms with Crippen molar-refractivity contribution in [1.82, 2.24) is 0 Å². The van der Waals surface area contributed by atoms with Crippen LogP contribution >= 0.6 is 0 Å². The maximum Gasteiger partial charge on any atom is 0.0723 e. The first kappa shape index (κ1) is 16.1. The standard InChI is InChI=1S/C10H11N.2C2H6/c1-4-9-7-5-6-8(2)10(9)11-3;2*1-2/h4-7H,1,3H2,2H3;2*1-2H3. The van der Waals surface area contributed by atoms with Crippen molar-refractivity contribution in [3.8, 4) is 0 Å². The van der Waals surface area contributed by atoms with Crippen molar-refractivity contribution in [2.45, 2.75) is 34.6 Å². The molecular formula is C14H23N. The summed E-state index contributed by atoms with van der Waals surface area (Å²) in [5.74, 6) is 0. The Balaban J connectivity index is 0. The molecule has 0 unspecified atom stereocenters. The predicted octanol–water partition coefficient (Wildman–Crippen LogP) is 5.02. The van der Waals surface area contributed by atoms with Gasteiger partial charge in [-0.05, 0) is 24.8 Å². The Morgan fingerprint density at radius 1 is 1.13 bits per heavy atom. The molecule has 0 aromatic heterocycles. The van der Waals surface area contributed by atoms with E-state index in [1.807, 2.05) is 52.8 Å². The van der Waals surface area contributed by atoms with Gasteiger partial charge in [-0.1, -0.05) is 58.5 Å². The number of benzene rings is 1. The first-order valence-corrected chi connectivity index (χ1v) is 5.48. The monoisotopic (exact) mass is 205 g/mol. The van der Waals surface area contributed by atoms with E-state index in [-0.39, 0.29) is 0 Å². The fraction of sp³-hybridized carbons (Fsp3) is 0.357. The summed E-state index contributed by atoms with van der Waals surface area (Å²) in [7, 11) is 0. The molecule has 0 saturated heterocycles. The second kappa shape index (κ2) is 10.7. The van der Waals surface area contributed by atoms with Crippen LogP contribution in [-0.4, -0.2) is 6.72 Å². The number of aryl methyl sites for hydroxylation is 1. The van der Waals surface area contributed by atoms with Crippen molar-refractivity contribution in [3.63, 3.8) is 0 Å². The van der Waals surface area contributed by atoms with Gasteiger partial charge in [-0.3, -0.25) is 4.99 Å². The van der Waals surface area contributed by atoms with Crippen molar-refractivity contribution in [1.29, 1.82) is 0 Å². The van der Waals surface area contributed by atoms with Gasteiger partial charge in [0.1, 0.15) is 0 Å². The average Bonchev–Trinajstić information content (AvgIpc) is 2.33. The van der Waals surface area contributed by atoms with E-state index < -0.39 is 0 Å². The highest BCUT2D eigenvalue weighted by Crippen LogP contribution is 2.23. The molecule has 0 radical (unpaired) electrons. The number of aliphatic imine (C=N–C) groups is 1. The molecule has 0 aliphatic carbocycles. The highest BCUT2D eigenvalue weighted by molar-refractivity contribution is 5.67. The highest BCUT2D eigenvalue weighted by atomic mass is 14.7. The fourth-order valence-electron chi connectivity index (χ4n) is 1.06. The van der Waals surface area contributed by atoms with Gasteiger partial charge in [-0.2, -0.15) is 0 Å². The highest BCUT2D eigenvalue weighted by Gasteiger charge is 1.97. The summed E-state index contributed by atoms with van der Waals surface area (Å²) in [5.41, 5.74) is 3.11. The largest absolute Gasteiger partial charge is 0.264 e. The molecule has 0 bridgehead atoms. The van der Waals surface area contributed by atoms with Gasteiger partial charge in [0.25, 0.3) is 0 Å². The van der Waals surface area contributed by atoms with Crippen molar-refractivity contribution in [3.05, 3.63) is 35.9 Å². The first-order valence-electron chi connectivity index (χ1n) is 5.48. The Kier molecular flexibility index (Phi) is 11.5. The van der Waals surface area contributed by atoms with E-state index in [1.54, 1.807) is 6.08 Å². The molecule has 1 aromatic rings. The molecule has 1 aromatic carbocycles. The summed E-state index contributed by atoms with van der Waals surface area (Å²) < 4.78 is 0. The zero-order chi connectivity index (χ0) is 12.3. The minimum Gasteiger partial charge on any atom is -0.264 e. The van der Waals surface area contributed by atoms with Crippen LogP contribution in [0.25, 0.3) is 6.08 Å². The minimum absolute atomic E-state index is 0.933. The van der Waals surface area contributed by atoms with Crippen LogP contribution < -0.4 is 0 Å². The van der Waals surface area contributed by atoms with Crippen molar-refractivity contribution in [2.75, 3.05) is 0 Å². The Morgan fingerprint density at radius 3 is 2.00 bits per heavy atom. The summed E-state index contributed by atoms with van der Waals surface area (Å²) in [6.07, 6.45) is 1.79. The van der Waals surface area contributed by atoms with Gasteiger partial charge in [0.05, 0.1) is 5.69 Å². The fourth-order valence-corrected chi connectivity index (χ4v) is 1.06. The van der Waals surface area contributed by atoms with Gasteiger partial charge >= 0.3 is 0 Å². The molecule has 0 fully saturated rings. The molecule has 0 saturated carbocycles. The summed E-state index contributed by atoms with van der Waals surface area (Å²) in [4.78, 5) is 3.92. The number of hydrogen-bond donors (Lipinski definition) is 0. The smallest absolute Gasteiger partial charge is 0.0723 e. The third-order valence-corrected chi connectivity index (χ3v) is 1.65. The van der Waals surface area contributed by atoms with Crippen LogP contribution in [0.1, 0.15) is 38.8 Å². The maximum atomic E-state index is 3.92. The number of nitrogens with zero attached hydrogens (tertiary/aromatic N) is 1. The molecule has 0 aliphatic heterocycles. The van der Waals surface area contributed by atoms with Crippen LogP contribution in [0, 0.1) is 6.92 Å². The normalized spacial score (nSPS) is 7.53. The van der Waals surface area contributed by atoms with Gasteiger partial charge in [0.2, 0.25) is 0 Å². The number of rotatable bonds is 2. The van der Waals surface area contributed by atoms with Crippen LogP contribution in [-0.2, 0) is 0 Å². The summed E-state index contributed by atoms with van der Waals surface area (Å²) in [6, 6.07) is 5.97. The minimum atomic E-state index is 0.933. The lowest BCUT2D eigenvalue weighted by atomic mass is 10.1. The third-order valence-electron chi connectivity index (χ3n) is 1.65. The van der Waals surface area contributed by atoms with Gasteiger partial charge in [-0.15, -0.1) is 0 Å². The molecule has 1 nitrogen and oxygen atoms in total. The van der Waals surface area contributed by atoms with Gasteiger partial charge in [0, 0.05) is 0 Å². The summed E-state index contributed by atoms with van der Waals surface area (Å²) >= 11 is 0. The molecule has 1 rings (SSSR count). The van der Waals surface area contributed by atoms with Crippen molar-refractivity contribution < 1.29 is 0 Å². The zero-order valence-electron chi connectivity index (χ0n) is 10.7. The molecule has 0 N–H and O–H groups in total. The van der Waals surface area contributed by atoms with Crippen LogP contribution in [0.4, 0.5) is 5.69 Å². The Hall–Kier alpha value is -1.37. The van der Waals surface area contributed by atoms with E-state index in [1.165, 1.54) is 0 Å². The van der Waals surface area contributed by atoms with Crippen molar-refractivity contribution in [2.24, 2.45) is 4.99 Å². The van der Waals surface area contributed by atoms with Crippen LogP contribution in [0.2, 0.25) is 0 Å². The lowest BCUT2D eigenvalue weighted by Crippen LogP contribution is -1.77. The number of para-hydroxylation sites is 1. The first-order chi connectivity index (χ1) is 7.29. The second-order valence-electron chi connectivity index (χ2n) is 2.37. The van der Waals surface area contributed by atoms with Gasteiger partial charge in [0.15, 0.2) is 0 Å². The summed E-state index contributed by atoms with van der Waals surface area (Å²) in [5, 5.41) is 0. The zero-order valence-corrected chi connectivity index (χ0v) is 10.7. The van der Waals surface area contributed by atoms with E-state index >= 15 is 0 Å². The molecule has 0 spiro atoms.